The number of carboxylic acids is 1. The Kier molecular flexibility index (Phi) is 6.92. The Hall–Kier alpha value is -4.05. The number of carbonyl (C=O) groups is 2. The van der Waals surface area contributed by atoms with E-state index in [-0.39, 0.29) is 35.6 Å². The highest BCUT2D eigenvalue weighted by Crippen LogP contribution is 2.39. The van der Waals surface area contributed by atoms with Gasteiger partial charge in [0.05, 0.1) is 24.2 Å². The summed E-state index contributed by atoms with van der Waals surface area (Å²) in [4.78, 5) is 24.6. The smallest absolute Gasteiger partial charge is 0.339 e. The first-order valence-corrected chi connectivity index (χ1v) is 11.5. The van der Waals surface area contributed by atoms with Crippen LogP contribution in [0, 0.1) is 16.7 Å². The molecule has 0 unspecified atom stereocenters. The highest BCUT2D eigenvalue weighted by Gasteiger charge is 2.39. The lowest BCUT2D eigenvalue weighted by Crippen LogP contribution is -2.37. The van der Waals surface area contributed by atoms with E-state index in [1.807, 2.05) is 55.5 Å². The van der Waals surface area contributed by atoms with E-state index in [4.69, 9.17) is 14.2 Å². The van der Waals surface area contributed by atoms with Crippen molar-refractivity contribution < 1.29 is 28.9 Å². The van der Waals surface area contributed by atoms with Crippen molar-refractivity contribution in [3.8, 4) is 17.6 Å². The molecule has 0 bridgehead atoms. The average molecular weight is 474 g/mol. The largest absolute Gasteiger partial charge is 0.494 e. The van der Waals surface area contributed by atoms with Crippen LogP contribution in [0.4, 0.5) is 0 Å². The second-order valence-electron chi connectivity index (χ2n) is 9.06. The van der Waals surface area contributed by atoms with E-state index in [1.165, 1.54) is 19.2 Å². The molecule has 0 atom stereocenters. The van der Waals surface area contributed by atoms with Crippen LogP contribution in [0.3, 0.4) is 0 Å². The molecule has 0 aromatic heterocycles. The Morgan fingerprint density at radius 2 is 1.83 bits per heavy atom. The number of hydrogen-bond donors (Lipinski definition) is 1. The zero-order valence-electron chi connectivity index (χ0n) is 19.7. The molecule has 0 saturated heterocycles. The van der Waals surface area contributed by atoms with Crippen LogP contribution in [0.2, 0.25) is 0 Å². The summed E-state index contributed by atoms with van der Waals surface area (Å²) >= 11 is 0. The number of nitrogens with zero attached hydrogens (tertiary/aromatic N) is 1. The standard InChI is InChI=1S/C28H27NO6/c1-28(27(32)34-17-19-8-5-7-18-6-3-4-9-23(18)19)12-10-21(11-13-28)35-22-14-20(16-29)25(33-2)24(15-22)26(30)31/h3-9,14-15,21H,10-13,17H2,1-2H3,(H,30,31)/t21-,28+. The Labute approximate surface area is 203 Å². The fraction of sp³-hybridized carbons (Fsp3) is 0.321. The van der Waals surface area contributed by atoms with Gasteiger partial charge in [0.25, 0.3) is 0 Å². The second-order valence-corrected chi connectivity index (χ2v) is 9.06. The fourth-order valence-electron chi connectivity index (χ4n) is 4.61. The summed E-state index contributed by atoms with van der Waals surface area (Å²) in [5.41, 5.74) is 0.326. The van der Waals surface area contributed by atoms with E-state index in [0.29, 0.717) is 31.4 Å². The number of benzene rings is 3. The average Bonchev–Trinajstić information content (AvgIpc) is 2.88. The van der Waals surface area contributed by atoms with Crippen molar-refractivity contribution in [2.45, 2.75) is 45.3 Å². The first-order chi connectivity index (χ1) is 16.8. The number of methoxy groups -OCH3 is 1. The second kappa shape index (κ2) is 10.1. The van der Waals surface area contributed by atoms with Crippen molar-refractivity contribution in [1.29, 1.82) is 5.26 Å². The molecule has 1 N–H and O–H groups in total. The summed E-state index contributed by atoms with van der Waals surface area (Å²) in [6, 6.07) is 18.8. The lowest BCUT2D eigenvalue weighted by molar-refractivity contribution is -0.159. The van der Waals surface area contributed by atoms with Gasteiger partial charge in [-0.1, -0.05) is 42.5 Å². The summed E-state index contributed by atoms with van der Waals surface area (Å²) in [5, 5.41) is 21.0. The highest BCUT2D eigenvalue weighted by atomic mass is 16.5. The van der Waals surface area contributed by atoms with Gasteiger partial charge in [-0.05, 0) is 55.0 Å². The van der Waals surface area contributed by atoms with Crippen molar-refractivity contribution in [3.05, 3.63) is 71.3 Å². The lowest BCUT2D eigenvalue weighted by atomic mass is 9.74. The molecule has 3 aromatic rings. The Morgan fingerprint density at radius 1 is 1.11 bits per heavy atom. The summed E-state index contributed by atoms with van der Waals surface area (Å²) < 4.78 is 16.8. The third-order valence-corrected chi connectivity index (χ3v) is 6.69. The maximum atomic E-state index is 13.0. The summed E-state index contributed by atoms with van der Waals surface area (Å²) in [5.74, 6) is -1.12. The Morgan fingerprint density at radius 3 is 2.51 bits per heavy atom. The molecule has 1 saturated carbocycles. The molecule has 1 fully saturated rings. The minimum atomic E-state index is -1.20. The molecule has 0 radical (unpaired) electrons. The molecule has 7 nitrogen and oxygen atoms in total. The zero-order chi connectivity index (χ0) is 25.0. The number of aromatic carboxylic acids is 1. The highest BCUT2D eigenvalue weighted by molar-refractivity contribution is 5.92. The molecular weight excluding hydrogens is 446 g/mol. The van der Waals surface area contributed by atoms with E-state index in [9.17, 15) is 20.0 Å². The van der Waals surface area contributed by atoms with Gasteiger partial charge in [0.1, 0.15) is 24.0 Å². The maximum absolute atomic E-state index is 13.0. The van der Waals surface area contributed by atoms with Crippen LogP contribution < -0.4 is 9.47 Å². The molecule has 180 valence electrons. The summed E-state index contributed by atoms with van der Waals surface area (Å²) in [6.45, 7) is 2.13. The molecule has 1 aliphatic carbocycles. The number of hydrogen-bond acceptors (Lipinski definition) is 6. The van der Waals surface area contributed by atoms with E-state index in [1.54, 1.807) is 0 Å². The van der Waals surface area contributed by atoms with Crippen LogP contribution in [0.25, 0.3) is 10.8 Å². The van der Waals surface area contributed by atoms with Crippen LogP contribution >= 0.6 is 0 Å². The van der Waals surface area contributed by atoms with Gasteiger partial charge in [0.2, 0.25) is 0 Å². The summed E-state index contributed by atoms with van der Waals surface area (Å²) in [6.07, 6.45) is 2.18. The van der Waals surface area contributed by atoms with Crippen molar-refractivity contribution in [1.82, 2.24) is 0 Å². The minimum Gasteiger partial charge on any atom is -0.494 e. The van der Waals surface area contributed by atoms with Crippen molar-refractivity contribution in [3.63, 3.8) is 0 Å². The third-order valence-electron chi connectivity index (χ3n) is 6.69. The predicted octanol–water partition coefficient (Wildman–Crippen LogP) is 5.49. The van der Waals surface area contributed by atoms with Gasteiger partial charge >= 0.3 is 11.9 Å². The molecular formula is C28H27NO6. The molecule has 4 rings (SSSR count). The predicted molar refractivity (Wildman–Crippen MR) is 129 cm³/mol. The fourth-order valence-corrected chi connectivity index (χ4v) is 4.61. The third kappa shape index (κ3) is 5.07. The van der Waals surface area contributed by atoms with Crippen molar-refractivity contribution >= 4 is 22.7 Å². The SMILES string of the molecule is COc1c(C#N)cc(O[C@H]2CC[C@@](C)(C(=O)OCc3cccc4ccccc34)CC2)cc1C(=O)O. The molecule has 35 heavy (non-hydrogen) atoms. The van der Waals surface area contributed by atoms with Crippen molar-refractivity contribution in [2.24, 2.45) is 5.41 Å². The van der Waals surface area contributed by atoms with Gasteiger partial charge in [-0.2, -0.15) is 5.26 Å². The molecule has 0 amide bonds. The molecule has 7 heteroatoms. The van der Waals surface area contributed by atoms with Gasteiger partial charge in [-0.3, -0.25) is 4.79 Å². The van der Waals surface area contributed by atoms with Crippen LogP contribution in [-0.4, -0.2) is 30.3 Å². The van der Waals surface area contributed by atoms with E-state index in [2.05, 4.69) is 0 Å². The van der Waals surface area contributed by atoms with Gasteiger partial charge in [-0.25, -0.2) is 4.79 Å². The number of carboxylic acid groups (broad SMARTS) is 1. The molecule has 3 aromatic carbocycles. The van der Waals surface area contributed by atoms with Crippen LogP contribution in [0.1, 0.15) is 54.1 Å². The molecule has 1 aliphatic rings. The monoisotopic (exact) mass is 473 g/mol. The first-order valence-electron chi connectivity index (χ1n) is 11.5. The maximum Gasteiger partial charge on any atom is 0.339 e. The normalized spacial score (nSPS) is 19.5. The lowest BCUT2D eigenvalue weighted by Gasteiger charge is -2.35. The van der Waals surface area contributed by atoms with Crippen LogP contribution in [0.5, 0.6) is 11.5 Å². The zero-order valence-corrected chi connectivity index (χ0v) is 19.7. The Balaban J connectivity index is 1.39. The number of ether oxygens (including phenoxy) is 3. The number of fused-ring (bicyclic) bond motifs is 1. The quantitative estimate of drug-likeness (QED) is 0.452. The van der Waals surface area contributed by atoms with E-state index >= 15 is 0 Å². The van der Waals surface area contributed by atoms with E-state index < -0.39 is 11.4 Å². The van der Waals surface area contributed by atoms with Crippen LogP contribution in [-0.2, 0) is 16.1 Å². The Bertz CT molecular complexity index is 1300. The van der Waals surface area contributed by atoms with E-state index in [0.717, 1.165) is 16.3 Å². The number of nitriles is 1. The number of esters is 1. The van der Waals surface area contributed by atoms with Gasteiger partial charge in [0, 0.05) is 6.07 Å². The number of rotatable bonds is 7. The molecule has 0 heterocycles. The van der Waals surface area contributed by atoms with Gasteiger partial charge in [-0.15, -0.1) is 0 Å². The molecule has 0 spiro atoms. The number of carbonyl (C=O) groups excluding carboxylic acids is 1. The summed E-state index contributed by atoms with van der Waals surface area (Å²) in [7, 11) is 1.32. The van der Waals surface area contributed by atoms with Crippen LogP contribution in [0.15, 0.2) is 54.6 Å². The van der Waals surface area contributed by atoms with Gasteiger partial charge in [0.15, 0.2) is 5.75 Å². The first kappa shape index (κ1) is 24.1. The molecule has 0 aliphatic heterocycles. The van der Waals surface area contributed by atoms with Crippen molar-refractivity contribution in [2.75, 3.05) is 7.11 Å². The van der Waals surface area contributed by atoms with Gasteiger partial charge < -0.3 is 19.3 Å². The topological polar surface area (TPSA) is 106 Å². The minimum absolute atomic E-state index is 0.0116.